The van der Waals surface area contributed by atoms with Crippen molar-refractivity contribution in [2.45, 2.75) is 6.92 Å². The van der Waals surface area contributed by atoms with Crippen molar-refractivity contribution in [1.29, 1.82) is 0 Å². The van der Waals surface area contributed by atoms with Gasteiger partial charge >= 0.3 is 0 Å². The van der Waals surface area contributed by atoms with Gasteiger partial charge in [-0.1, -0.05) is 0 Å². The third-order valence-electron chi connectivity index (χ3n) is 1.57. The van der Waals surface area contributed by atoms with Crippen LogP contribution in [0.3, 0.4) is 0 Å². The maximum atomic E-state index is 5.58. The van der Waals surface area contributed by atoms with Gasteiger partial charge in [-0.3, -0.25) is 0 Å². The summed E-state index contributed by atoms with van der Waals surface area (Å²) < 4.78 is 10.2. The van der Waals surface area contributed by atoms with Crippen LogP contribution in [0, 0.1) is 0 Å². The Morgan fingerprint density at radius 1 is 1.23 bits per heavy atom. The Hall–Kier alpha value is -1.42. The highest BCUT2D eigenvalue weighted by Gasteiger charge is 1.97. The first-order valence-corrected chi connectivity index (χ1v) is 4.09. The molecule has 0 aliphatic carbocycles. The molecule has 1 aromatic carbocycles. The Labute approximate surface area is 77.4 Å². The van der Waals surface area contributed by atoms with Gasteiger partial charge in [-0.15, -0.1) is 0 Å². The summed E-state index contributed by atoms with van der Waals surface area (Å²) in [6.07, 6.45) is 0. The lowest BCUT2D eigenvalue weighted by atomic mass is 10.2. The van der Waals surface area contributed by atoms with Gasteiger partial charge in [-0.05, 0) is 19.1 Å². The highest BCUT2D eigenvalue weighted by atomic mass is 16.7. The lowest BCUT2D eigenvalue weighted by Crippen LogP contribution is -2.03. The Morgan fingerprint density at radius 2 is 2.00 bits per heavy atom. The molecule has 0 unspecified atom stereocenters. The summed E-state index contributed by atoms with van der Waals surface area (Å²) in [5, 5.41) is 0. The van der Waals surface area contributed by atoms with Crippen LogP contribution in [0.5, 0.6) is 5.75 Å². The second kappa shape index (κ2) is 4.57. The third-order valence-corrected chi connectivity index (χ3v) is 1.57. The molecular formula is C9H14N2O2. The molecule has 13 heavy (non-hydrogen) atoms. The number of hydrogen-bond donors (Lipinski definition) is 2. The lowest BCUT2D eigenvalue weighted by Gasteiger charge is -2.07. The first-order chi connectivity index (χ1) is 6.24. The lowest BCUT2D eigenvalue weighted by molar-refractivity contribution is 0.0224. The maximum absolute atomic E-state index is 5.58. The van der Waals surface area contributed by atoms with Crippen LogP contribution in [-0.4, -0.2) is 13.4 Å². The first-order valence-electron chi connectivity index (χ1n) is 4.09. The molecule has 0 amide bonds. The molecule has 0 saturated carbocycles. The predicted octanol–water partition coefficient (Wildman–Crippen LogP) is 1.22. The van der Waals surface area contributed by atoms with Crippen molar-refractivity contribution >= 4 is 11.4 Å². The molecule has 0 atom stereocenters. The van der Waals surface area contributed by atoms with Crippen molar-refractivity contribution < 1.29 is 9.47 Å². The molecule has 1 aromatic rings. The van der Waals surface area contributed by atoms with E-state index in [0.29, 0.717) is 23.7 Å². The predicted molar refractivity (Wildman–Crippen MR) is 52.4 cm³/mol. The second-order valence-electron chi connectivity index (χ2n) is 2.55. The summed E-state index contributed by atoms with van der Waals surface area (Å²) in [4.78, 5) is 0. The average Bonchev–Trinajstić information content (AvgIpc) is 2.12. The molecule has 1 rings (SSSR count). The minimum atomic E-state index is 0.236. The Morgan fingerprint density at radius 3 is 2.62 bits per heavy atom. The fraction of sp³-hybridized carbons (Fsp3) is 0.333. The van der Waals surface area contributed by atoms with Crippen LogP contribution < -0.4 is 16.2 Å². The zero-order chi connectivity index (χ0) is 9.68. The standard InChI is InChI=1S/C9H14N2O2/c1-2-12-6-13-7-3-4-8(10)9(11)5-7/h3-5H,2,6,10-11H2,1H3. The normalized spacial score (nSPS) is 9.92. The third kappa shape index (κ3) is 2.83. The van der Waals surface area contributed by atoms with Crippen molar-refractivity contribution in [2.24, 2.45) is 0 Å². The first kappa shape index (κ1) is 9.67. The van der Waals surface area contributed by atoms with Gasteiger partial charge in [0.05, 0.1) is 11.4 Å². The van der Waals surface area contributed by atoms with Crippen LogP contribution in [0.15, 0.2) is 18.2 Å². The quantitative estimate of drug-likeness (QED) is 0.417. The molecule has 0 spiro atoms. The number of rotatable bonds is 4. The van der Waals surface area contributed by atoms with E-state index in [0.717, 1.165) is 0 Å². The number of hydrogen-bond acceptors (Lipinski definition) is 4. The van der Waals surface area contributed by atoms with E-state index in [4.69, 9.17) is 20.9 Å². The fourth-order valence-electron chi connectivity index (χ4n) is 0.836. The van der Waals surface area contributed by atoms with E-state index in [9.17, 15) is 0 Å². The number of anilines is 2. The number of ether oxygens (including phenoxy) is 2. The smallest absolute Gasteiger partial charge is 0.189 e. The van der Waals surface area contributed by atoms with E-state index in [2.05, 4.69) is 0 Å². The van der Waals surface area contributed by atoms with Gasteiger partial charge in [-0.2, -0.15) is 0 Å². The van der Waals surface area contributed by atoms with E-state index in [-0.39, 0.29) is 6.79 Å². The largest absolute Gasteiger partial charge is 0.467 e. The molecule has 0 radical (unpaired) electrons. The SMILES string of the molecule is CCOCOc1ccc(N)c(N)c1. The van der Waals surface area contributed by atoms with Crippen molar-refractivity contribution in [1.82, 2.24) is 0 Å². The molecule has 4 nitrogen and oxygen atoms in total. The minimum absolute atomic E-state index is 0.236. The van der Waals surface area contributed by atoms with Crippen LogP contribution in [0.2, 0.25) is 0 Å². The topological polar surface area (TPSA) is 70.5 Å². The summed E-state index contributed by atoms with van der Waals surface area (Å²) in [7, 11) is 0. The molecule has 0 bridgehead atoms. The fourth-order valence-corrected chi connectivity index (χ4v) is 0.836. The molecule has 0 fully saturated rings. The Bertz CT molecular complexity index is 276. The van der Waals surface area contributed by atoms with Gasteiger partial charge in [0.1, 0.15) is 5.75 Å². The van der Waals surface area contributed by atoms with Gasteiger partial charge in [0.2, 0.25) is 0 Å². The zero-order valence-electron chi connectivity index (χ0n) is 7.62. The highest BCUT2D eigenvalue weighted by molar-refractivity contribution is 5.65. The van der Waals surface area contributed by atoms with Crippen LogP contribution >= 0.6 is 0 Å². The van der Waals surface area contributed by atoms with Crippen LogP contribution in [0.1, 0.15) is 6.92 Å². The zero-order valence-corrected chi connectivity index (χ0v) is 7.62. The van der Waals surface area contributed by atoms with Gasteiger partial charge in [0.15, 0.2) is 6.79 Å². The molecule has 72 valence electrons. The number of nitrogen functional groups attached to an aromatic ring is 2. The average molecular weight is 182 g/mol. The molecule has 4 heteroatoms. The molecular weight excluding hydrogens is 168 g/mol. The summed E-state index contributed by atoms with van der Waals surface area (Å²) in [5.41, 5.74) is 12.2. The number of benzene rings is 1. The molecule has 0 heterocycles. The monoisotopic (exact) mass is 182 g/mol. The van der Waals surface area contributed by atoms with E-state index >= 15 is 0 Å². The Balaban J connectivity index is 2.53. The summed E-state index contributed by atoms with van der Waals surface area (Å²) in [6.45, 7) is 2.77. The van der Waals surface area contributed by atoms with Gasteiger partial charge in [0, 0.05) is 12.7 Å². The van der Waals surface area contributed by atoms with Crippen molar-refractivity contribution in [3.63, 3.8) is 0 Å². The van der Waals surface area contributed by atoms with Crippen LogP contribution in [-0.2, 0) is 4.74 Å². The van der Waals surface area contributed by atoms with Gasteiger partial charge in [0.25, 0.3) is 0 Å². The summed E-state index contributed by atoms with van der Waals surface area (Å²) in [6, 6.07) is 5.13. The van der Waals surface area contributed by atoms with E-state index < -0.39 is 0 Å². The Kier molecular flexibility index (Phi) is 3.40. The van der Waals surface area contributed by atoms with Gasteiger partial charge in [-0.25, -0.2) is 0 Å². The molecule has 4 N–H and O–H groups in total. The van der Waals surface area contributed by atoms with E-state index in [1.165, 1.54) is 0 Å². The maximum Gasteiger partial charge on any atom is 0.189 e. The second-order valence-corrected chi connectivity index (χ2v) is 2.55. The summed E-state index contributed by atoms with van der Waals surface area (Å²) in [5.74, 6) is 0.667. The van der Waals surface area contributed by atoms with Crippen molar-refractivity contribution in [3.8, 4) is 5.75 Å². The van der Waals surface area contributed by atoms with Gasteiger partial charge < -0.3 is 20.9 Å². The minimum Gasteiger partial charge on any atom is -0.467 e. The van der Waals surface area contributed by atoms with Crippen LogP contribution in [0.25, 0.3) is 0 Å². The molecule has 0 aliphatic heterocycles. The summed E-state index contributed by atoms with van der Waals surface area (Å²) >= 11 is 0. The van der Waals surface area contributed by atoms with Crippen LogP contribution in [0.4, 0.5) is 11.4 Å². The molecule has 0 aliphatic rings. The van der Waals surface area contributed by atoms with E-state index in [1.807, 2.05) is 6.92 Å². The molecule has 0 aromatic heterocycles. The van der Waals surface area contributed by atoms with E-state index in [1.54, 1.807) is 18.2 Å². The van der Waals surface area contributed by atoms with Crippen molar-refractivity contribution in [3.05, 3.63) is 18.2 Å². The highest BCUT2D eigenvalue weighted by Crippen LogP contribution is 2.21. The number of nitrogens with two attached hydrogens (primary N) is 2. The van der Waals surface area contributed by atoms with Crippen molar-refractivity contribution in [2.75, 3.05) is 24.9 Å². The molecule has 0 saturated heterocycles.